The average molecular weight is 408 g/mol. The molecule has 2 amide bonds. The van der Waals surface area contributed by atoms with E-state index < -0.39 is 15.9 Å². The molecule has 2 fully saturated rings. The molecule has 1 saturated carbocycles. The number of sulfonamides is 1. The Hall–Kier alpha value is -1.93. The maximum atomic E-state index is 12.7. The molecule has 1 aliphatic heterocycles. The molecule has 0 aromatic heterocycles. The molecule has 0 radical (unpaired) electrons. The number of carbonyl (C=O) groups is 2. The van der Waals surface area contributed by atoms with Crippen LogP contribution in [0.5, 0.6) is 0 Å². The van der Waals surface area contributed by atoms with Gasteiger partial charge in [-0.1, -0.05) is 32.8 Å². The van der Waals surface area contributed by atoms with Gasteiger partial charge in [0.25, 0.3) is 0 Å². The fraction of sp³-hybridized carbons (Fsp3) is 0.600. The predicted molar refractivity (Wildman–Crippen MR) is 107 cm³/mol. The van der Waals surface area contributed by atoms with Crippen molar-refractivity contribution in [2.75, 3.05) is 25.0 Å². The Morgan fingerprint density at radius 3 is 2.54 bits per heavy atom. The molecule has 0 unspecified atom stereocenters. The second-order valence-electron chi connectivity index (χ2n) is 7.49. The third-order valence-corrected chi connectivity index (χ3v) is 7.79. The Balaban J connectivity index is 1.69. The molecule has 0 spiro atoms. The van der Waals surface area contributed by atoms with E-state index in [4.69, 9.17) is 0 Å². The summed E-state index contributed by atoms with van der Waals surface area (Å²) in [6.07, 6.45) is 4.54. The van der Waals surface area contributed by atoms with E-state index in [1.807, 2.05) is 4.90 Å². The number of anilines is 1. The summed E-state index contributed by atoms with van der Waals surface area (Å²) in [5.41, 5.74) is 0.435. The van der Waals surface area contributed by atoms with Crippen LogP contribution in [0.25, 0.3) is 0 Å². The van der Waals surface area contributed by atoms with E-state index >= 15 is 0 Å². The van der Waals surface area contributed by atoms with E-state index in [0.717, 1.165) is 25.7 Å². The summed E-state index contributed by atoms with van der Waals surface area (Å²) in [5, 5.41) is 2.80. The molecule has 1 aromatic carbocycles. The highest BCUT2D eigenvalue weighted by Gasteiger charge is 2.38. The molecule has 28 heavy (non-hydrogen) atoms. The number of rotatable bonds is 7. The Kier molecular flexibility index (Phi) is 6.40. The fourth-order valence-corrected chi connectivity index (χ4v) is 5.67. The molecule has 1 aliphatic carbocycles. The van der Waals surface area contributed by atoms with Gasteiger partial charge in [-0.3, -0.25) is 9.59 Å². The van der Waals surface area contributed by atoms with Gasteiger partial charge in [-0.25, -0.2) is 8.42 Å². The van der Waals surface area contributed by atoms with Crippen molar-refractivity contribution in [2.24, 2.45) is 5.92 Å². The first-order chi connectivity index (χ1) is 13.4. The van der Waals surface area contributed by atoms with Gasteiger partial charge in [0.15, 0.2) is 0 Å². The van der Waals surface area contributed by atoms with Gasteiger partial charge in [0, 0.05) is 37.8 Å². The smallest absolute Gasteiger partial charge is 0.243 e. The van der Waals surface area contributed by atoms with Crippen LogP contribution in [0, 0.1) is 5.92 Å². The Bertz CT molecular complexity index is 830. The molecule has 2 aliphatic rings. The van der Waals surface area contributed by atoms with Gasteiger partial charge in [0.1, 0.15) is 0 Å². The first-order valence-corrected chi connectivity index (χ1v) is 11.5. The lowest BCUT2D eigenvalue weighted by molar-refractivity contribution is -0.129. The lowest BCUT2D eigenvalue weighted by Crippen LogP contribution is -2.35. The molecule has 154 valence electrons. The maximum Gasteiger partial charge on any atom is 0.243 e. The minimum absolute atomic E-state index is 0.0462. The highest BCUT2D eigenvalue weighted by atomic mass is 32.2. The molecule has 3 rings (SSSR count). The van der Waals surface area contributed by atoms with Crippen LogP contribution in [0.4, 0.5) is 5.69 Å². The predicted octanol–water partition coefficient (Wildman–Crippen LogP) is 2.45. The number of nitrogens with one attached hydrogen (secondary N) is 1. The van der Waals surface area contributed by atoms with Gasteiger partial charge in [0.2, 0.25) is 21.8 Å². The molecular formula is C20H29N3O4S. The van der Waals surface area contributed by atoms with E-state index in [-0.39, 0.29) is 29.2 Å². The lowest BCUT2D eigenvalue weighted by atomic mass is 10.1. The monoisotopic (exact) mass is 407 g/mol. The lowest BCUT2D eigenvalue weighted by Gasteiger charge is -2.24. The summed E-state index contributed by atoms with van der Waals surface area (Å²) in [4.78, 5) is 27.0. The van der Waals surface area contributed by atoms with Gasteiger partial charge < -0.3 is 10.2 Å². The third kappa shape index (κ3) is 4.22. The molecule has 1 saturated heterocycles. The molecule has 1 aromatic rings. The van der Waals surface area contributed by atoms with Crippen molar-refractivity contribution in [3.63, 3.8) is 0 Å². The molecule has 8 heteroatoms. The van der Waals surface area contributed by atoms with E-state index in [1.54, 1.807) is 26.0 Å². The highest BCUT2D eigenvalue weighted by Crippen LogP contribution is 2.30. The number of carbonyl (C=O) groups excluding carboxylic acids is 2. The van der Waals surface area contributed by atoms with Crippen LogP contribution in [0.15, 0.2) is 29.2 Å². The van der Waals surface area contributed by atoms with Gasteiger partial charge in [-0.2, -0.15) is 4.31 Å². The van der Waals surface area contributed by atoms with Gasteiger partial charge in [-0.05, 0) is 31.0 Å². The first kappa shape index (κ1) is 20.8. The average Bonchev–Trinajstić information content (AvgIpc) is 3.32. The summed E-state index contributed by atoms with van der Waals surface area (Å²) in [6.45, 7) is 4.81. The van der Waals surface area contributed by atoms with Crippen LogP contribution in [0.1, 0.15) is 46.0 Å². The fourth-order valence-electron chi connectivity index (χ4n) is 4.17. The van der Waals surface area contributed by atoms with Crippen molar-refractivity contribution < 1.29 is 18.0 Å². The minimum atomic E-state index is -3.59. The summed E-state index contributed by atoms with van der Waals surface area (Å²) >= 11 is 0. The number of nitrogens with zero attached hydrogens (tertiary/aromatic N) is 2. The van der Waals surface area contributed by atoms with Crippen LogP contribution >= 0.6 is 0 Å². The van der Waals surface area contributed by atoms with Crippen LogP contribution in [-0.4, -0.2) is 55.1 Å². The van der Waals surface area contributed by atoms with Crippen molar-refractivity contribution in [2.45, 2.75) is 56.9 Å². The normalized spacial score (nSPS) is 20.9. The number of amides is 2. The Labute approximate surface area is 167 Å². The summed E-state index contributed by atoms with van der Waals surface area (Å²) in [7, 11) is -3.59. The second-order valence-corrected chi connectivity index (χ2v) is 9.43. The zero-order valence-electron chi connectivity index (χ0n) is 16.6. The van der Waals surface area contributed by atoms with Crippen molar-refractivity contribution in [3.8, 4) is 0 Å². The number of likely N-dealkylation sites (tertiary alicyclic amines) is 1. The van der Waals surface area contributed by atoms with Gasteiger partial charge >= 0.3 is 0 Å². The molecule has 7 nitrogen and oxygen atoms in total. The van der Waals surface area contributed by atoms with Crippen molar-refractivity contribution in [3.05, 3.63) is 24.3 Å². The standard InChI is InChI=1S/C20H29N3O4S/c1-3-22(4-2)28(26,27)18-11-7-8-16(13-18)21-20(25)15-12-19(24)23(14-15)17-9-5-6-10-17/h7-8,11,13,15,17H,3-6,9-10,12,14H2,1-2H3,(H,21,25)/t15-/m1/s1. The van der Waals surface area contributed by atoms with E-state index in [0.29, 0.717) is 25.3 Å². The molecule has 1 atom stereocenters. The first-order valence-electron chi connectivity index (χ1n) is 10.1. The highest BCUT2D eigenvalue weighted by molar-refractivity contribution is 7.89. The summed E-state index contributed by atoms with van der Waals surface area (Å²) in [6, 6.07) is 6.58. The number of benzene rings is 1. The maximum absolute atomic E-state index is 12.7. The third-order valence-electron chi connectivity index (χ3n) is 5.74. The Morgan fingerprint density at radius 2 is 1.89 bits per heavy atom. The molecule has 1 N–H and O–H groups in total. The van der Waals surface area contributed by atoms with E-state index in [1.165, 1.54) is 16.4 Å². The topological polar surface area (TPSA) is 86.8 Å². The minimum Gasteiger partial charge on any atom is -0.339 e. The largest absolute Gasteiger partial charge is 0.339 e. The number of hydrogen-bond acceptors (Lipinski definition) is 4. The van der Waals surface area contributed by atoms with Crippen LogP contribution in [0.2, 0.25) is 0 Å². The zero-order chi connectivity index (χ0) is 20.3. The van der Waals surface area contributed by atoms with Gasteiger partial charge in [0.05, 0.1) is 10.8 Å². The second kappa shape index (κ2) is 8.61. The van der Waals surface area contributed by atoms with Crippen LogP contribution in [-0.2, 0) is 19.6 Å². The molecule has 1 heterocycles. The summed E-state index contributed by atoms with van der Waals surface area (Å²) < 4.78 is 26.7. The van der Waals surface area contributed by atoms with Gasteiger partial charge in [-0.15, -0.1) is 0 Å². The van der Waals surface area contributed by atoms with E-state index in [2.05, 4.69) is 5.32 Å². The summed E-state index contributed by atoms with van der Waals surface area (Å²) in [5.74, 6) is -0.577. The van der Waals surface area contributed by atoms with Crippen molar-refractivity contribution in [1.82, 2.24) is 9.21 Å². The Morgan fingerprint density at radius 1 is 1.21 bits per heavy atom. The van der Waals surface area contributed by atoms with E-state index in [9.17, 15) is 18.0 Å². The zero-order valence-corrected chi connectivity index (χ0v) is 17.4. The quantitative estimate of drug-likeness (QED) is 0.752. The van der Waals surface area contributed by atoms with Crippen molar-refractivity contribution >= 4 is 27.5 Å². The molecule has 0 bridgehead atoms. The number of hydrogen-bond donors (Lipinski definition) is 1. The van der Waals surface area contributed by atoms with Crippen LogP contribution < -0.4 is 5.32 Å². The van der Waals surface area contributed by atoms with Crippen LogP contribution in [0.3, 0.4) is 0 Å². The molecular weight excluding hydrogens is 378 g/mol. The van der Waals surface area contributed by atoms with Crippen molar-refractivity contribution in [1.29, 1.82) is 0 Å². The SMILES string of the molecule is CCN(CC)S(=O)(=O)c1cccc(NC(=O)[C@@H]2CC(=O)N(C3CCCC3)C2)c1.